The summed E-state index contributed by atoms with van der Waals surface area (Å²) in [6.45, 7) is 0. The molecule has 5 heteroatoms. The molecule has 0 radical (unpaired) electrons. The van der Waals surface area contributed by atoms with E-state index in [1.54, 1.807) is 0 Å². The summed E-state index contributed by atoms with van der Waals surface area (Å²) in [5.74, 6) is 0. The number of fused-ring (bicyclic) bond motifs is 6. The molecule has 0 atom stereocenters. The Morgan fingerprint density at radius 1 is 0.320 bits per heavy atom. The first kappa shape index (κ1) is 28.2. The molecule has 0 unspecified atom stereocenters. The van der Waals surface area contributed by atoms with Crippen LogP contribution in [0.2, 0.25) is 0 Å². The Morgan fingerprint density at radius 2 is 0.880 bits per heavy atom. The Hall–Kier alpha value is -6.85. The Morgan fingerprint density at radius 3 is 1.58 bits per heavy atom. The molecule has 234 valence electrons. The van der Waals surface area contributed by atoms with E-state index in [4.69, 9.17) is 15.0 Å². The van der Waals surface area contributed by atoms with Crippen LogP contribution in [0.25, 0.3) is 88.8 Å². The van der Waals surface area contributed by atoms with Gasteiger partial charge in [-0.1, -0.05) is 66.7 Å². The second-order valence-corrected chi connectivity index (χ2v) is 12.6. The quantitative estimate of drug-likeness (QED) is 0.188. The van der Waals surface area contributed by atoms with Crippen molar-refractivity contribution >= 4 is 43.7 Å². The van der Waals surface area contributed by atoms with Crippen LogP contribution < -0.4 is 0 Å². The maximum atomic E-state index is 4.79. The van der Waals surface area contributed by atoms with Gasteiger partial charge in [0.1, 0.15) is 0 Å². The van der Waals surface area contributed by atoms with Crippen LogP contribution in [0, 0.1) is 0 Å². The van der Waals surface area contributed by atoms with E-state index in [9.17, 15) is 0 Å². The van der Waals surface area contributed by atoms with Crippen molar-refractivity contribution in [2.75, 3.05) is 0 Å². The summed E-state index contributed by atoms with van der Waals surface area (Å²) < 4.78 is 4.70. The van der Waals surface area contributed by atoms with Gasteiger partial charge in [-0.15, -0.1) is 0 Å². The third-order valence-corrected chi connectivity index (χ3v) is 9.64. The van der Waals surface area contributed by atoms with Crippen LogP contribution in [0.4, 0.5) is 0 Å². The van der Waals surface area contributed by atoms with Crippen molar-refractivity contribution < 1.29 is 0 Å². The van der Waals surface area contributed by atoms with E-state index in [1.807, 2.05) is 48.9 Å². The van der Waals surface area contributed by atoms with Gasteiger partial charge in [0.05, 0.1) is 39.0 Å². The highest BCUT2D eigenvalue weighted by Gasteiger charge is 2.18. The molecule has 0 bridgehead atoms. The Balaban J connectivity index is 1.22. The maximum absolute atomic E-state index is 4.79. The molecule has 10 aromatic rings. The van der Waals surface area contributed by atoms with Gasteiger partial charge in [0.2, 0.25) is 0 Å². The van der Waals surface area contributed by atoms with Crippen molar-refractivity contribution in [3.63, 3.8) is 0 Å². The summed E-state index contributed by atoms with van der Waals surface area (Å²) >= 11 is 0. The lowest BCUT2D eigenvalue weighted by atomic mass is 10.0. The lowest BCUT2D eigenvalue weighted by molar-refractivity contribution is 1.17. The number of rotatable bonds is 5. The molecular formula is C45H29N5. The van der Waals surface area contributed by atoms with Crippen LogP contribution in [-0.2, 0) is 0 Å². The van der Waals surface area contributed by atoms with Gasteiger partial charge in [0.25, 0.3) is 0 Å². The zero-order valence-electron chi connectivity index (χ0n) is 27.0. The summed E-state index contributed by atoms with van der Waals surface area (Å²) in [6, 6.07) is 55.7. The number of pyridine rings is 3. The summed E-state index contributed by atoms with van der Waals surface area (Å²) in [7, 11) is 0. The number of benzene rings is 5. The molecule has 0 aliphatic carbocycles. The third kappa shape index (κ3) is 4.52. The van der Waals surface area contributed by atoms with E-state index < -0.39 is 0 Å². The number of nitrogens with zero attached hydrogens (tertiary/aromatic N) is 5. The fraction of sp³-hybridized carbons (Fsp3) is 0. The van der Waals surface area contributed by atoms with Crippen molar-refractivity contribution in [3.05, 3.63) is 176 Å². The number of aromatic nitrogens is 5. The SMILES string of the molecule is c1ccc(-n2c3cc(-c4ccc5c6ccccc6n(-c6cc(-c7ccccn7)cc(-c7ccccn7)c6)c5c4)ccc3c3ncccc32)cc1. The molecule has 0 saturated carbocycles. The fourth-order valence-electron chi connectivity index (χ4n) is 7.40. The van der Waals surface area contributed by atoms with Crippen molar-refractivity contribution in [2.45, 2.75) is 0 Å². The van der Waals surface area contributed by atoms with Crippen molar-refractivity contribution in [1.82, 2.24) is 24.1 Å². The minimum absolute atomic E-state index is 0.921. The molecule has 5 nitrogen and oxygen atoms in total. The summed E-state index contributed by atoms with van der Waals surface area (Å²) in [4.78, 5) is 14.2. The second-order valence-electron chi connectivity index (χ2n) is 12.6. The van der Waals surface area contributed by atoms with Crippen LogP contribution >= 0.6 is 0 Å². The van der Waals surface area contributed by atoms with Gasteiger partial charge in [0.15, 0.2) is 0 Å². The van der Waals surface area contributed by atoms with E-state index in [0.717, 1.165) is 78.0 Å². The monoisotopic (exact) mass is 639 g/mol. The largest absolute Gasteiger partial charge is 0.309 e. The number of hydrogen-bond acceptors (Lipinski definition) is 3. The van der Waals surface area contributed by atoms with Gasteiger partial charge in [-0.3, -0.25) is 15.0 Å². The molecule has 10 rings (SSSR count). The second kappa shape index (κ2) is 11.4. The van der Waals surface area contributed by atoms with Crippen molar-refractivity contribution in [1.29, 1.82) is 0 Å². The van der Waals surface area contributed by atoms with E-state index in [2.05, 4.69) is 137 Å². The summed E-state index contributed by atoms with van der Waals surface area (Å²) in [6.07, 6.45) is 5.57. The minimum Gasteiger partial charge on any atom is -0.309 e. The van der Waals surface area contributed by atoms with Gasteiger partial charge >= 0.3 is 0 Å². The lowest BCUT2D eigenvalue weighted by Crippen LogP contribution is -1.97. The minimum atomic E-state index is 0.921. The average Bonchev–Trinajstić information content (AvgIpc) is 3.71. The molecule has 5 aromatic heterocycles. The lowest BCUT2D eigenvalue weighted by Gasteiger charge is -2.14. The first-order chi connectivity index (χ1) is 24.8. The normalized spacial score (nSPS) is 11.6. The van der Waals surface area contributed by atoms with Crippen LogP contribution in [-0.4, -0.2) is 24.1 Å². The smallest absolute Gasteiger partial charge is 0.0963 e. The van der Waals surface area contributed by atoms with E-state index in [-0.39, 0.29) is 0 Å². The van der Waals surface area contributed by atoms with Crippen LogP contribution in [0.1, 0.15) is 0 Å². The molecular weight excluding hydrogens is 611 g/mol. The van der Waals surface area contributed by atoms with E-state index in [0.29, 0.717) is 0 Å². The molecule has 5 aromatic carbocycles. The Labute approximate surface area is 288 Å². The first-order valence-corrected chi connectivity index (χ1v) is 16.8. The molecule has 0 spiro atoms. The predicted molar refractivity (Wildman–Crippen MR) is 205 cm³/mol. The zero-order valence-corrected chi connectivity index (χ0v) is 27.0. The predicted octanol–water partition coefficient (Wildman–Crippen LogP) is 11.1. The van der Waals surface area contributed by atoms with Crippen molar-refractivity contribution in [3.8, 4) is 45.0 Å². The molecule has 0 saturated heterocycles. The highest BCUT2D eigenvalue weighted by molar-refractivity contribution is 6.11. The number of para-hydroxylation sites is 2. The Bertz CT molecular complexity index is 2800. The van der Waals surface area contributed by atoms with Gasteiger partial charge in [-0.25, -0.2) is 0 Å². The van der Waals surface area contributed by atoms with E-state index in [1.165, 1.54) is 10.8 Å². The van der Waals surface area contributed by atoms with Gasteiger partial charge in [-0.2, -0.15) is 0 Å². The third-order valence-electron chi connectivity index (χ3n) is 9.64. The number of hydrogen-bond donors (Lipinski definition) is 0. The highest BCUT2D eigenvalue weighted by Crippen LogP contribution is 2.39. The Kier molecular flexibility index (Phi) is 6.42. The molecule has 50 heavy (non-hydrogen) atoms. The van der Waals surface area contributed by atoms with Crippen LogP contribution in [0.5, 0.6) is 0 Å². The van der Waals surface area contributed by atoms with Gasteiger partial charge in [-0.05, 0) is 102 Å². The molecule has 5 heterocycles. The standard InChI is InChI=1S/C45H29N5/c1-2-11-34(12-3-1)49-42-17-10-24-48-45(42)38-21-19-31(29-44(38)49)30-18-20-37-36-13-4-5-16-41(36)50(43(37)28-30)35-26-32(39-14-6-8-22-46-39)25-33(27-35)40-15-7-9-23-47-40/h1-29H. The fourth-order valence-corrected chi connectivity index (χ4v) is 7.40. The molecule has 0 amide bonds. The van der Waals surface area contributed by atoms with Crippen LogP contribution in [0.3, 0.4) is 0 Å². The zero-order chi connectivity index (χ0) is 33.0. The molecule has 0 aliphatic heterocycles. The van der Waals surface area contributed by atoms with Gasteiger partial charge < -0.3 is 9.13 Å². The maximum Gasteiger partial charge on any atom is 0.0963 e. The molecule has 0 N–H and O–H groups in total. The summed E-state index contributed by atoms with van der Waals surface area (Å²) in [5, 5.41) is 3.55. The molecule has 0 fully saturated rings. The molecule has 0 aliphatic rings. The first-order valence-electron chi connectivity index (χ1n) is 16.8. The van der Waals surface area contributed by atoms with E-state index >= 15 is 0 Å². The summed E-state index contributed by atoms with van der Waals surface area (Å²) in [5.41, 5.74) is 13.9. The topological polar surface area (TPSA) is 48.5 Å². The highest BCUT2D eigenvalue weighted by atomic mass is 15.0. The average molecular weight is 640 g/mol. The van der Waals surface area contributed by atoms with Crippen molar-refractivity contribution in [2.24, 2.45) is 0 Å². The van der Waals surface area contributed by atoms with Crippen LogP contribution in [0.15, 0.2) is 176 Å². The van der Waals surface area contributed by atoms with Gasteiger partial charge in [0, 0.05) is 57.3 Å².